The largest absolute Gasteiger partial charge is 0.269 e. The van der Waals surface area contributed by atoms with Crippen molar-refractivity contribution in [2.75, 3.05) is 0 Å². The molecular formula is C10H12N2OS. The maximum atomic E-state index is 11.6. The Hall–Kier alpha value is -1.03. The van der Waals surface area contributed by atoms with E-state index in [1.54, 1.807) is 22.5 Å². The molecule has 0 unspecified atom stereocenters. The van der Waals surface area contributed by atoms with Crippen molar-refractivity contribution in [1.82, 2.24) is 9.55 Å². The fourth-order valence-electron chi connectivity index (χ4n) is 1.62. The van der Waals surface area contributed by atoms with E-state index >= 15 is 0 Å². The lowest BCUT2D eigenvalue weighted by Crippen LogP contribution is -2.27. The van der Waals surface area contributed by atoms with Crippen molar-refractivity contribution in [3.63, 3.8) is 0 Å². The van der Waals surface area contributed by atoms with Gasteiger partial charge in [0.05, 0.1) is 0 Å². The highest BCUT2D eigenvalue weighted by Gasteiger charge is 2.25. The Morgan fingerprint density at radius 3 is 2.93 bits per heavy atom. The molecule has 0 saturated heterocycles. The van der Waals surface area contributed by atoms with Gasteiger partial charge in [0.1, 0.15) is 0 Å². The molecule has 0 fully saturated rings. The van der Waals surface area contributed by atoms with Crippen molar-refractivity contribution in [2.24, 2.45) is 0 Å². The molecule has 0 aromatic carbocycles. The smallest absolute Gasteiger partial charge is 0.258 e. The number of fused-ring (bicyclic) bond motifs is 1. The molecule has 4 heteroatoms. The van der Waals surface area contributed by atoms with E-state index in [4.69, 9.17) is 0 Å². The zero-order valence-corrected chi connectivity index (χ0v) is 9.26. The van der Waals surface area contributed by atoms with Crippen molar-refractivity contribution in [3.05, 3.63) is 28.7 Å². The molecule has 0 aliphatic carbocycles. The zero-order chi connectivity index (χ0) is 10.3. The van der Waals surface area contributed by atoms with E-state index in [1.165, 1.54) is 6.07 Å². The molecule has 0 saturated carbocycles. The fourth-order valence-corrected chi connectivity index (χ4v) is 2.76. The molecule has 2 heterocycles. The van der Waals surface area contributed by atoms with Crippen LogP contribution >= 0.6 is 11.8 Å². The molecule has 1 aliphatic rings. The SMILES string of the molecule is CC1=CC(C)(C)Sc2nccc(=O)n21. The summed E-state index contributed by atoms with van der Waals surface area (Å²) >= 11 is 1.61. The summed E-state index contributed by atoms with van der Waals surface area (Å²) in [4.78, 5) is 15.8. The number of hydrogen-bond acceptors (Lipinski definition) is 3. The third-order valence-corrected chi connectivity index (χ3v) is 3.19. The Morgan fingerprint density at radius 2 is 2.21 bits per heavy atom. The van der Waals surface area contributed by atoms with Gasteiger partial charge in [-0.1, -0.05) is 11.8 Å². The van der Waals surface area contributed by atoms with Crippen LogP contribution in [-0.4, -0.2) is 14.3 Å². The number of rotatable bonds is 0. The predicted octanol–water partition coefficient (Wildman–Crippen LogP) is 1.99. The highest BCUT2D eigenvalue weighted by molar-refractivity contribution is 8.00. The maximum absolute atomic E-state index is 11.6. The van der Waals surface area contributed by atoms with Crippen LogP contribution in [0.15, 0.2) is 28.3 Å². The van der Waals surface area contributed by atoms with Crippen molar-refractivity contribution in [2.45, 2.75) is 30.7 Å². The molecule has 3 nitrogen and oxygen atoms in total. The number of hydrogen-bond donors (Lipinski definition) is 0. The Labute approximate surface area is 86.9 Å². The van der Waals surface area contributed by atoms with E-state index in [9.17, 15) is 4.79 Å². The van der Waals surface area contributed by atoms with Crippen LogP contribution in [0.3, 0.4) is 0 Å². The summed E-state index contributed by atoms with van der Waals surface area (Å²) in [6.07, 6.45) is 3.66. The summed E-state index contributed by atoms with van der Waals surface area (Å²) in [5.41, 5.74) is 0.952. The average molecular weight is 208 g/mol. The number of nitrogens with zero attached hydrogens (tertiary/aromatic N) is 2. The minimum Gasteiger partial charge on any atom is -0.269 e. The van der Waals surface area contributed by atoms with Crippen LogP contribution in [0.25, 0.3) is 5.70 Å². The van der Waals surface area contributed by atoms with Gasteiger partial charge in [0.15, 0.2) is 5.16 Å². The summed E-state index contributed by atoms with van der Waals surface area (Å²) in [5, 5.41) is 0.780. The van der Waals surface area contributed by atoms with E-state index in [1.807, 2.05) is 6.92 Å². The van der Waals surface area contributed by atoms with Gasteiger partial charge in [0.25, 0.3) is 5.56 Å². The van der Waals surface area contributed by atoms with E-state index < -0.39 is 0 Å². The van der Waals surface area contributed by atoms with E-state index in [0.717, 1.165) is 10.9 Å². The maximum Gasteiger partial charge on any atom is 0.258 e. The summed E-state index contributed by atoms with van der Waals surface area (Å²) in [7, 11) is 0. The molecule has 14 heavy (non-hydrogen) atoms. The van der Waals surface area contributed by atoms with E-state index in [0.29, 0.717) is 0 Å². The van der Waals surface area contributed by atoms with Crippen LogP contribution in [0.4, 0.5) is 0 Å². The second kappa shape index (κ2) is 2.98. The molecule has 2 rings (SSSR count). The van der Waals surface area contributed by atoms with Gasteiger partial charge in [-0.15, -0.1) is 0 Å². The predicted molar refractivity (Wildman–Crippen MR) is 58.4 cm³/mol. The topological polar surface area (TPSA) is 34.9 Å². The molecule has 1 aromatic rings. The first-order valence-electron chi connectivity index (χ1n) is 4.46. The van der Waals surface area contributed by atoms with Gasteiger partial charge in [-0.3, -0.25) is 9.36 Å². The molecule has 0 radical (unpaired) electrons. The first kappa shape index (κ1) is 9.52. The molecule has 1 aliphatic heterocycles. The van der Waals surface area contributed by atoms with Crippen LogP contribution in [0.5, 0.6) is 0 Å². The minimum atomic E-state index is -0.00764. The van der Waals surface area contributed by atoms with E-state index in [2.05, 4.69) is 24.9 Å². The Morgan fingerprint density at radius 1 is 1.50 bits per heavy atom. The highest BCUT2D eigenvalue weighted by atomic mass is 32.2. The monoisotopic (exact) mass is 208 g/mol. The summed E-state index contributed by atoms with van der Waals surface area (Å²) in [5.74, 6) is 0. The Balaban J connectivity index is 2.68. The van der Waals surface area contributed by atoms with Crippen LogP contribution in [0, 0.1) is 0 Å². The van der Waals surface area contributed by atoms with Gasteiger partial charge in [0, 0.05) is 22.7 Å². The van der Waals surface area contributed by atoms with Gasteiger partial charge in [-0.25, -0.2) is 4.98 Å². The number of allylic oxidation sites excluding steroid dienone is 1. The molecule has 74 valence electrons. The third-order valence-electron chi connectivity index (χ3n) is 2.08. The van der Waals surface area contributed by atoms with Gasteiger partial charge in [-0.05, 0) is 26.8 Å². The number of thioether (sulfide) groups is 1. The first-order valence-corrected chi connectivity index (χ1v) is 5.28. The van der Waals surface area contributed by atoms with Gasteiger partial charge >= 0.3 is 0 Å². The summed E-state index contributed by atoms with van der Waals surface area (Å²) in [6, 6.07) is 1.49. The number of aromatic nitrogens is 2. The average Bonchev–Trinajstić information content (AvgIpc) is 2.00. The van der Waals surface area contributed by atoms with Crippen molar-refractivity contribution in [1.29, 1.82) is 0 Å². The lowest BCUT2D eigenvalue weighted by Gasteiger charge is -2.27. The molecule has 0 N–H and O–H groups in total. The fraction of sp³-hybridized carbons (Fsp3) is 0.400. The molecule has 0 amide bonds. The third kappa shape index (κ3) is 1.50. The van der Waals surface area contributed by atoms with Crippen LogP contribution in [-0.2, 0) is 0 Å². The molecular weight excluding hydrogens is 196 g/mol. The van der Waals surface area contributed by atoms with Crippen LogP contribution < -0.4 is 5.56 Å². The summed E-state index contributed by atoms with van der Waals surface area (Å²) in [6.45, 7) is 6.17. The van der Waals surface area contributed by atoms with Crippen molar-refractivity contribution < 1.29 is 0 Å². The minimum absolute atomic E-state index is 0.00764. The van der Waals surface area contributed by atoms with Gasteiger partial charge in [0.2, 0.25) is 0 Å². The van der Waals surface area contributed by atoms with Gasteiger partial charge in [-0.2, -0.15) is 0 Å². The lowest BCUT2D eigenvalue weighted by atomic mass is 10.1. The van der Waals surface area contributed by atoms with Crippen LogP contribution in [0.1, 0.15) is 20.8 Å². The Bertz CT molecular complexity index is 459. The molecule has 0 spiro atoms. The summed E-state index contributed by atoms with van der Waals surface area (Å²) < 4.78 is 1.67. The lowest BCUT2D eigenvalue weighted by molar-refractivity contribution is 0.758. The van der Waals surface area contributed by atoms with Crippen LogP contribution in [0.2, 0.25) is 0 Å². The molecule has 1 aromatic heterocycles. The zero-order valence-electron chi connectivity index (χ0n) is 8.44. The van der Waals surface area contributed by atoms with Crippen molar-refractivity contribution in [3.8, 4) is 0 Å². The normalized spacial score (nSPS) is 18.6. The second-order valence-corrected chi connectivity index (χ2v) is 5.51. The second-order valence-electron chi connectivity index (χ2n) is 3.89. The quantitative estimate of drug-likeness (QED) is 0.611. The Kier molecular flexibility index (Phi) is 2.03. The highest BCUT2D eigenvalue weighted by Crippen LogP contribution is 2.37. The standard InChI is InChI=1S/C10H12N2OS/c1-7-6-10(2,3)14-9-11-5-4-8(13)12(7)9/h4-6H,1-3H3. The van der Waals surface area contributed by atoms with Gasteiger partial charge < -0.3 is 0 Å². The first-order chi connectivity index (χ1) is 6.49. The van der Waals surface area contributed by atoms with E-state index in [-0.39, 0.29) is 10.3 Å². The molecule has 0 atom stereocenters. The van der Waals surface area contributed by atoms with Crippen molar-refractivity contribution >= 4 is 17.5 Å². The molecule has 0 bridgehead atoms.